The summed E-state index contributed by atoms with van der Waals surface area (Å²) in [6.45, 7) is 2.66. The molecule has 1 aliphatic heterocycles. The maximum Gasteiger partial charge on any atom is 0.251 e. The number of hydrogen-bond donors (Lipinski definition) is 2. The lowest BCUT2D eigenvalue weighted by Gasteiger charge is -2.14. The van der Waals surface area contributed by atoms with E-state index in [1.54, 1.807) is 35.1 Å². The molecule has 0 saturated carbocycles. The molecule has 0 unspecified atom stereocenters. The molecular weight excluding hydrogens is 336 g/mol. The Hall–Kier alpha value is -3.07. The Morgan fingerprint density at radius 1 is 1.23 bits per heavy atom. The number of carbonyl (C=O) groups is 3. The molecule has 3 N–H and O–H groups in total. The van der Waals surface area contributed by atoms with Crippen molar-refractivity contribution in [2.24, 2.45) is 5.73 Å². The molecule has 0 radical (unpaired) electrons. The summed E-state index contributed by atoms with van der Waals surface area (Å²) < 4.78 is 1.63. The standard InChI is InChI=1S/C17H20N6O3/c1-11(18)9-22-10-13(20-21-22)8-19-17(26)12-2-4-14(5-3-12)23-15(24)6-7-16(23)25/h2-5,10-11H,6-9,18H2,1H3,(H,19,26)/t11-/m0/s1. The Bertz CT molecular complexity index is 811. The first-order valence-corrected chi connectivity index (χ1v) is 8.32. The smallest absolute Gasteiger partial charge is 0.251 e. The number of nitrogens with one attached hydrogen (secondary N) is 1. The lowest BCUT2D eigenvalue weighted by molar-refractivity contribution is -0.121. The molecule has 26 heavy (non-hydrogen) atoms. The van der Waals surface area contributed by atoms with E-state index in [1.165, 1.54) is 0 Å². The van der Waals surface area contributed by atoms with Gasteiger partial charge in [0.2, 0.25) is 11.8 Å². The summed E-state index contributed by atoms with van der Waals surface area (Å²) in [7, 11) is 0. The van der Waals surface area contributed by atoms with E-state index in [4.69, 9.17) is 5.73 Å². The maximum atomic E-state index is 12.2. The lowest BCUT2D eigenvalue weighted by Crippen LogP contribution is -2.28. The van der Waals surface area contributed by atoms with Gasteiger partial charge in [-0.3, -0.25) is 24.0 Å². The number of imide groups is 1. The molecular formula is C17H20N6O3. The largest absolute Gasteiger partial charge is 0.346 e. The van der Waals surface area contributed by atoms with E-state index in [0.29, 0.717) is 23.5 Å². The van der Waals surface area contributed by atoms with Crippen LogP contribution < -0.4 is 16.0 Å². The van der Waals surface area contributed by atoms with Crippen LogP contribution in [0.3, 0.4) is 0 Å². The molecule has 1 saturated heterocycles. The third-order valence-corrected chi connectivity index (χ3v) is 3.93. The zero-order valence-electron chi connectivity index (χ0n) is 14.4. The van der Waals surface area contributed by atoms with Gasteiger partial charge in [-0.15, -0.1) is 5.10 Å². The highest BCUT2D eigenvalue weighted by Crippen LogP contribution is 2.22. The maximum absolute atomic E-state index is 12.2. The van der Waals surface area contributed by atoms with Gasteiger partial charge in [0.15, 0.2) is 0 Å². The fourth-order valence-corrected chi connectivity index (χ4v) is 2.70. The molecule has 0 bridgehead atoms. The number of benzene rings is 1. The summed E-state index contributed by atoms with van der Waals surface area (Å²) in [6.07, 6.45) is 2.19. The minimum Gasteiger partial charge on any atom is -0.346 e. The SMILES string of the molecule is C[C@H](N)Cn1cc(CNC(=O)c2ccc(N3C(=O)CCC3=O)cc2)nn1. The summed E-state index contributed by atoms with van der Waals surface area (Å²) in [5, 5.41) is 10.7. The molecule has 136 valence electrons. The van der Waals surface area contributed by atoms with Crippen LogP contribution in [0.15, 0.2) is 30.5 Å². The highest BCUT2D eigenvalue weighted by atomic mass is 16.2. The number of anilines is 1. The van der Waals surface area contributed by atoms with Gasteiger partial charge in [-0.25, -0.2) is 0 Å². The van der Waals surface area contributed by atoms with Crippen molar-refractivity contribution in [1.29, 1.82) is 0 Å². The highest BCUT2D eigenvalue weighted by Gasteiger charge is 2.30. The molecule has 2 heterocycles. The number of hydrogen-bond acceptors (Lipinski definition) is 6. The Labute approximate surface area is 150 Å². The van der Waals surface area contributed by atoms with E-state index in [-0.39, 0.29) is 43.1 Å². The van der Waals surface area contributed by atoms with Crippen LogP contribution >= 0.6 is 0 Å². The van der Waals surface area contributed by atoms with E-state index < -0.39 is 0 Å². The normalized spacial score (nSPS) is 15.4. The third kappa shape index (κ3) is 3.94. The number of nitrogens with zero attached hydrogens (tertiary/aromatic N) is 4. The number of nitrogens with two attached hydrogens (primary N) is 1. The quantitative estimate of drug-likeness (QED) is 0.713. The van der Waals surface area contributed by atoms with Gasteiger partial charge in [0.25, 0.3) is 5.91 Å². The highest BCUT2D eigenvalue weighted by molar-refractivity contribution is 6.19. The predicted molar refractivity (Wildman–Crippen MR) is 93.0 cm³/mol. The van der Waals surface area contributed by atoms with Crippen molar-refractivity contribution >= 4 is 23.4 Å². The Morgan fingerprint density at radius 3 is 2.50 bits per heavy atom. The van der Waals surface area contributed by atoms with Crippen molar-refractivity contribution in [3.8, 4) is 0 Å². The van der Waals surface area contributed by atoms with Crippen LogP contribution in [0, 0.1) is 0 Å². The number of aromatic nitrogens is 3. The van der Waals surface area contributed by atoms with Crippen molar-refractivity contribution in [2.75, 3.05) is 4.90 Å². The zero-order valence-corrected chi connectivity index (χ0v) is 14.4. The summed E-state index contributed by atoms with van der Waals surface area (Å²) in [5.41, 5.74) is 7.24. The fourth-order valence-electron chi connectivity index (χ4n) is 2.70. The first-order valence-electron chi connectivity index (χ1n) is 8.32. The van der Waals surface area contributed by atoms with Crippen LogP contribution in [0.2, 0.25) is 0 Å². The lowest BCUT2D eigenvalue weighted by atomic mass is 10.2. The van der Waals surface area contributed by atoms with Crippen LogP contribution in [0.1, 0.15) is 35.8 Å². The van der Waals surface area contributed by atoms with Gasteiger partial charge < -0.3 is 11.1 Å². The molecule has 1 atom stereocenters. The summed E-state index contributed by atoms with van der Waals surface area (Å²) >= 11 is 0. The molecule has 1 aromatic heterocycles. The van der Waals surface area contributed by atoms with Crippen LogP contribution in [0.25, 0.3) is 0 Å². The molecule has 9 nitrogen and oxygen atoms in total. The molecule has 1 aromatic carbocycles. The van der Waals surface area contributed by atoms with Crippen molar-refractivity contribution in [1.82, 2.24) is 20.3 Å². The average molecular weight is 356 g/mol. The Balaban J connectivity index is 1.59. The summed E-state index contributed by atoms with van der Waals surface area (Å²) in [5.74, 6) is -0.721. The second-order valence-electron chi connectivity index (χ2n) is 6.26. The first kappa shape index (κ1) is 17.7. The molecule has 0 aliphatic carbocycles. The van der Waals surface area contributed by atoms with Gasteiger partial charge in [-0.1, -0.05) is 5.21 Å². The minimum atomic E-state index is -0.280. The fraction of sp³-hybridized carbons (Fsp3) is 0.353. The molecule has 1 aliphatic rings. The molecule has 0 spiro atoms. The monoisotopic (exact) mass is 356 g/mol. The Kier molecular flexibility index (Phi) is 5.08. The van der Waals surface area contributed by atoms with Crippen molar-refractivity contribution in [3.05, 3.63) is 41.7 Å². The van der Waals surface area contributed by atoms with Crippen LogP contribution in [-0.4, -0.2) is 38.8 Å². The van der Waals surface area contributed by atoms with E-state index >= 15 is 0 Å². The van der Waals surface area contributed by atoms with Crippen LogP contribution in [-0.2, 0) is 22.7 Å². The van der Waals surface area contributed by atoms with Crippen molar-refractivity contribution in [3.63, 3.8) is 0 Å². The number of rotatable bonds is 6. The topological polar surface area (TPSA) is 123 Å². The van der Waals surface area contributed by atoms with Crippen LogP contribution in [0.4, 0.5) is 5.69 Å². The number of carbonyl (C=O) groups excluding carboxylic acids is 3. The van der Waals surface area contributed by atoms with Gasteiger partial charge >= 0.3 is 0 Å². The molecule has 3 rings (SSSR count). The van der Waals surface area contributed by atoms with E-state index in [2.05, 4.69) is 15.6 Å². The second kappa shape index (κ2) is 7.44. The minimum absolute atomic E-state index is 0.0352. The molecule has 9 heteroatoms. The van der Waals surface area contributed by atoms with Gasteiger partial charge in [0, 0.05) is 24.4 Å². The van der Waals surface area contributed by atoms with Crippen LogP contribution in [0.5, 0.6) is 0 Å². The molecule has 3 amide bonds. The van der Waals surface area contributed by atoms with Gasteiger partial charge in [0.1, 0.15) is 5.69 Å². The predicted octanol–water partition coefficient (Wildman–Crippen LogP) is 0.209. The average Bonchev–Trinajstić information content (AvgIpc) is 3.18. The van der Waals surface area contributed by atoms with Gasteiger partial charge in [-0.05, 0) is 31.2 Å². The number of amides is 3. The van der Waals surface area contributed by atoms with Gasteiger partial charge in [0.05, 0.1) is 25.0 Å². The third-order valence-electron chi connectivity index (χ3n) is 3.93. The summed E-state index contributed by atoms with van der Waals surface area (Å²) in [4.78, 5) is 36.9. The molecule has 1 fully saturated rings. The van der Waals surface area contributed by atoms with Crippen molar-refractivity contribution < 1.29 is 14.4 Å². The Morgan fingerprint density at radius 2 is 1.88 bits per heavy atom. The second-order valence-corrected chi connectivity index (χ2v) is 6.26. The van der Waals surface area contributed by atoms with E-state index in [1.807, 2.05) is 6.92 Å². The van der Waals surface area contributed by atoms with Crippen molar-refractivity contribution in [2.45, 2.75) is 38.9 Å². The van der Waals surface area contributed by atoms with Gasteiger partial charge in [-0.2, -0.15) is 0 Å². The first-order chi connectivity index (χ1) is 12.4. The molecule has 2 aromatic rings. The zero-order chi connectivity index (χ0) is 18.7. The summed E-state index contributed by atoms with van der Waals surface area (Å²) in [6, 6.07) is 6.31. The van der Waals surface area contributed by atoms with E-state index in [0.717, 1.165) is 4.90 Å². The van der Waals surface area contributed by atoms with E-state index in [9.17, 15) is 14.4 Å².